The lowest BCUT2D eigenvalue weighted by Crippen LogP contribution is -2.44. The number of amides is 1. The van der Waals surface area contributed by atoms with Gasteiger partial charge in [0.1, 0.15) is 0 Å². The zero-order valence-electron chi connectivity index (χ0n) is 14.3. The molecule has 2 fully saturated rings. The largest absolute Gasteiger partial charge is 0.339 e. The average molecular weight is 304 g/mol. The highest BCUT2D eigenvalue weighted by Crippen LogP contribution is 2.37. The molecule has 0 aliphatic carbocycles. The fourth-order valence-electron chi connectivity index (χ4n) is 3.87. The summed E-state index contributed by atoms with van der Waals surface area (Å²) in [6.07, 6.45) is 5.25. The Morgan fingerprint density at radius 1 is 1.27 bits per heavy atom. The first-order valence-electron chi connectivity index (χ1n) is 8.38. The van der Waals surface area contributed by atoms with Crippen molar-refractivity contribution < 1.29 is 4.79 Å². The molecule has 5 heteroatoms. The molecule has 2 aliphatic heterocycles. The number of carbonyl (C=O) groups excluding carboxylic acids is 1. The van der Waals surface area contributed by atoms with E-state index >= 15 is 0 Å². The Balaban J connectivity index is 1.72. The normalized spacial score (nSPS) is 21.5. The summed E-state index contributed by atoms with van der Waals surface area (Å²) in [5.41, 5.74) is 2.08. The minimum atomic E-state index is -0.0932. The van der Waals surface area contributed by atoms with Crippen LogP contribution >= 0.6 is 0 Å². The lowest BCUT2D eigenvalue weighted by Gasteiger charge is -2.38. The molecule has 0 radical (unpaired) electrons. The third-order valence-corrected chi connectivity index (χ3v) is 5.32. The lowest BCUT2D eigenvalue weighted by atomic mass is 9.78. The molecule has 22 heavy (non-hydrogen) atoms. The van der Waals surface area contributed by atoms with Gasteiger partial charge in [0.2, 0.25) is 0 Å². The standard InChI is InChI=1S/C17H28N4O/c1-13-14(11-19-21(13)16(2,3)4)15(22)20-9-6-17(7-10-20)5-8-18-12-17/h11,18H,5-10,12H2,1-4H3. The topological polar surface area (TPSA) is 50.2 Å². The number of rotatable bonds is 1. The quantitative estimate of drug-likeness (QED) is 0.865. The smallest absolute Gasteiger partial charge is 0.257 e. The van der Waals surface area contributed by atoms with Gasteiger partial charge in [-0.05, 0) is 58.9 Å². The highest BCUT2D eigenvalue weighted by atomic mass is 16.2. The Hall–Kier alpha value is -1.36. The van der Waals surface area contributed by atoms with Crippen LogP contribution in [0.2, 0.25) is 0 Å². The number of hydrogen-bond donors (Lipinski definition) is 1. The summed E-state index contributed by atoms with van der Waals surface area (Å²) in [6.45, 7) is 12.3. The first-order chi connectivity index (χ1) is 10.3. The maximum absolute atomic E-state index is 12.8. The van der Waals surface area contributed by atoms with E-state index in [1.54, 1.807) is 6.20 Å². The number of aromatic nitrogens is 2. The van der Waals surface area contributed by atoms with Crippen molar-refractivity contribution >= 4 is 5.91 Å². The van der Waals surface area contributed by atoms with Gasteiger partial charge in [-0.25, -0.2) is 0 Å². The second kappa shape index (κ2) is 5.37. The lowest BCUT2D eigenvalue weighted by molar-refractivity contribution is 0.0606. The summed E-state index contributed by atoms with van der Waals surface area (Å²) in [5, 5.41) is 7.90. The Morgan fingerprint density at radius 3 is 2.45 bits per heavy atom. The predicted octanol–water partition coefficient (Wildman–Crippen LogP) is 2.16. The second-order valence-corrected chi connectivity index (χ2v) is 7.95. The number of hydrogen-bond acceptors (Lipinski definition) is 3. The van der Waals surface area contributed by atoms with Crippen LogP contribution in [0.3, 0.4) is 0 Å². The van der Waals surface area contributed by atoms with E-state index in [0.29, 0.717) is 5.41 Å². The van der Waals surface area contributed by atoms with Gasteiger partial charge in [-0.2, -0.15) is 5.10 Å². The maximum Gasteiger partial charge on any atom is 0.257 e. The Labute approximate surface area is 133 Å². The Bertz CT molecular complexity index is 554. The molecule has 0 bridgehead atoms. The summed E-state index contributed by atoms with van der Waals surface area (Å²) >= 11 is 0. The van der Waals surface area contributed by atoms with Crippen LogP contribution in [-0.4, -0.2) is 46.8 Å². The van der Waals surface area contributed by atoms with Crippen LogP contribution in [0.5, 0.6) is 0 Å². The van der Waals surface area contributed by atoms with Crippen molar-refractivity contribution in [2.75, 3.05) is 26.2 Å². The molecule has 0 aromatic carbocycles. The van der Waals surface area contributed by atoms with E-state index in [0.717, 1.165) is 50.3 Å². The fourth-order valence-corrected chi connectivity index (χ4v) is 3.87. The molecule has 2 saturated heterocycles. The van der Waals surface area contributed by atoms with Crippen LogP contribution < -0.4 is 5.32 Å². The van der Waals surface area contributed by atoms with E-state index < -0.39 is 0 Å². The van der Waals surface area contributed by atoms with Crippen molar-refractivity contribution in [2.45, 2.75) is 52.5 Å². The van der Waals surface area contributed by atoms with E-state index in [4.69, 9.17) is 0 Å². The van der Waals surface area contributed by atoms with Gasteiger partial charge < -0.3 is 10.2 Å². The van der Waals surface area contributed by atoms with Crippen molar-refractivity contribution in [1.82, 2.24) is 20.0 Å². The number of nitrogens with zero attached hydrogens (tertiary/aromatic N) is 3. The number of likely N-dealkylation sites (tertiary alicyclic amines) is 1. The summed E-state index contributed by atoms with van der Waals surface area (Å²) < 4.78 is 1.95. The first-order valence-corrected chi connectivity index (χ1v) is 8.38. The van der Waals surface area contributed by atoms with E-state index in [-0.39, 0.29) is 11.4 Å². The van der Waals surface area contributed by atoms with Crippen LogP contribution in [0.1, 0.15) is 56.1 Å². The van der Waals surface area contributed by atoms with Crippen LogP contribution in [0.25, 0.3) is 0 Å². The van der Waals surface area contributed by atoms with Crippen molar-refractivity contribution in [3.63, 3.8) is 0 Å². The molecule has 1 N–H and O–H groups in total. The van der Waals surface area contributed by atoms with E-state index in [1.807, 2.05) is 16.5 Å². The van der Waals surface area contributed by atoms with Gasteiger partial charge in [0, 0.05) is 25.3 Å². The first kappa shape index (κ1) is 15.5. The molecule has 3 rings (SSSR count). The van der Waals surface area contributed by atoms with Gasteiger partial charge in [-0.1, -0.05) is 0 Å². The third kappa shape index (κ3) is 2.67. The highest BCUT2D eigenvalue weighted by Gasteiger charge is 2.38. The van der Waals surface area contributed by atoms with Crippen molar-refractivity contribution in [1.29, 1.82) is 0 Å². The van der Waals surface area contributed by atoms with Crippen LogP contribution in [-0.2, 0) is 5.54 Å². The molecule has 1 spiro atoms. The molecule has 0 unspecified atom stereocenters. The van der Waals surface area contributed by atoms with Gasteiger partial charge >= 0.3 is 0 Å². The molecule has 0 saturated carbocycles. The molecule has 1 amide bonds. The number of carbonyl (C=O) groups is 1. The van der Waals surface area contributed by atoms with E-state index in [9.17, 15) is 4.79 Å². The highest BCUT2D eigenvalue weighted by molar-refractivity contribution is 5.95. The molecule has 0 atom stereocenters. The molecular formula is C17H28N4O. The number of nitrogens with one attached hydrogen (secondary N) is 1. The average Bonchev–Trinajstić information content (AvgIpc) is 3.06. The van der Waals surface area contributed by atoms with Gasteiger partial charge in [-0.15, -0.1) is 0 Å². The third-order valence-electron chi connectivity index (χ3n) is 5.32. The van der Waals surface area contributed by atoms with Crippen LogP contribution in [0.4, 0.5) is 0 Å². The molecule has 1 aromatic rings. The van der Waals surface area contributed by atoms with E-state index in [2.05, 4.69) is 31.2 Å². The van der Waals surface area contributed by atoms with Crippen molar-refractivity contribution in [2.24, 2.45) is 5.41 Å². The van der Waals surface area contributed by atoms with Crippen LogP contribution in [0, 0.1) is 12.3 Å². The molecule has 5 nitrogen and oxygen atoms in total. The fraction of sp³-hybridized carbons (Fsp3) is 0.765. The minimum absolute atomic E-state index is 0.0932. The van der Waals surface area contributed by atoms with E-state index in [1.165, 1.54) is 6.42 Å². The molecule has 1 aromatic heterocycles. The summed E-state index contributed by atoms with van der Waals surface area (Å²) in [5.74, 6) is 0.147. The van der Waals surface area contributed by atoms with Gasteiger partial charge in [-0.3, -0.25) is 9.48 Å². The predicted molar refractivity (Wildman–Crippen MR) is 87.0 cm³/mol. The SMILES string of the molecule is Cc1c(C(=O)N2CCC3(CCNC3)CC2)cnn1C(C)(C)C. The number of piperidine rings is 1. The summed E-state index contributed by atoms with van der Waals surface area (Å²) in [4.78, 5) is 14.8. The molecule has 122 valence electrons. The Kier molecular flexibility index (Phi) is 3.79. The van der Waals surface area contributed by atoms with Crippen LogP contribution in [0.15, 0.2) is 6.20 Å². The molecule has 3 heterocycles. The Morgan fingerprint density at radius 2 is 1.95 bits per heavy atom. The monoisotopic (exact) mass is 304 g/mol. The van der Waals surface area contributed by atoms with Gasteiger partial charge in [0.15, 0.2) is 0 Å². The zero-order chi connectivity index (χ0) is 16.0. The minimum Gasteiger partial charge on any atom is -0.339 e. The van der Waals surface area contributed by atoms with Gasteiger partial charge in [0.05, 0.1) is 17.3 Å². The van der Waals surface area contributed by atoms with Crippen molar-refractivity contribution in [3.8, 4) is 0 Å². The molecule has 2 aliphatic rings. The van der Waals surface area contributed by atoms with Crippen molar-refractivity contribution in [3.05, 3.63) is 17.5 Å². The zero-order valence-corrected chi connectivity index (χ0v) is 14.3. The summed E-state index contributed by atoms with van der Waals surface area (Å²) in [6, 6.07) is 0. The molecular weight excluding hydrogens is 276 g/mol. The second-order valence-electron chi connectivity index (χ2n) is 7.95. The van der Waals surface area contributed by atoms with Gasteiger partial charge in [0.25, 0.3) is 5.91 Å². The summed E-state index contributed by atoms with van der Waals surface area (Å²) in [7, 11) is 0. The maximum atomic E-state index is 12.8.